The van der Waals surface area contributed by atoms with Crippen molar-refractivity contribution in [2.24, 2.45) is 7.05 Å². The highest BCUT2D eigenvalue weighted by molar-refractivity contribution is 6.04. The number of nitrogens with zero attached hydrogens (tertiary/aromatic N) is 6. The van der Waals surface area contributed by atoms with E-state index < -0.39 is 0 Å². The highest BCUT2D eigenvalue weighted by Crippen LogP contribution is 2.31. The minimum absolute atomic E-state index is 0.340. The Labute approximate surface area is 148 Å². The Hall–Kier alpha value is -3.75. The molecule has 0 aliphatic rings. The number of carbonyl (C=O) groups excluding carboxylic acids is 1. The zero-order chi connectivity index (χ0) is 18.1. The van der Waals surface area contributed by atoms with Crippen molar-refractivity contribution >= 4 is 17.2 Å². The van der Waals surface area contributed by atoms with Gasteiger partial charge in [0.1, 0.15) is 23.5 Å². The molecule has 0 aliphatic heterocycles. The first-order valence-corrected chi connectivity index (χ1v) is 7.85. The van der Waals surface area contributed by atoms with Crippen molar-refractivity contribution in [3.63, 3.8) is 0 Å². The minimum atomic E-state index is -0.340. The highest BCUT2D eigenvalue weighted by Gasteiger charge is 2.20. The second-order valence-corrected chi connectivity index (χ2v) is 5.58. The summed E-state index contributed by atoms with van der Waals surface area (Å²) in [6.45, 7) is 1.79. The average molecular weight is 349 g/mol. The van der Waals surface area contributed by atoms with E-state index in [-0.39, 0.29) is 5.91 Å². The van der Waals surface area contributed by atoms with Crippen LogP contribution in [0.2, 0.25) is 0 Å². The number of pyridine rings is 2. The summed E-state index contributed by atoms with van der Waals surface area (Å²) < 4.78 is 8.90. The summed E-state index contributed by atoms with van der Waals surface area (Å²) in [7, 11) is 1.74. The van der Waals surface area contributed by atoms with Crippen LogP contribution < -0.4 is 10.1 Å². The first kappa shape index (κ1) is 15.8. The molecule has 0 aliphatic carbocycles. The number of hydrogen-bond donors (Lipinski definition) is 1. The maximum absolute atomic E-state index is 12.8. The minimum Gasteiger partial charge on any atom is -0.436 e. The van der Waals surface area contributed by atoms with E-state index in [1.54, 1.807) is 61.4 Å². The smallest absolute Gasteiger partial charge is 0.274 e. The third-order valence-electron chi connectivity index (χ3n) is 3.79. The Bertz CT molecular complexity index is 1090. The lowest BCUT2D eigenvalue weighted by atomic mass is 10.3. The Morgan fingerprint density at radius 3 is 2.92 bits per heavy atom. The van der Waals surface area contributed by atoms with Crippen molar-refractivity contribution in [2.45, 2.75) is 6.92 Å². The van der Waals surface area contributed by atoms with Crippen molar-refractivity contribution in [3.05, 3.63) is 60.4 Å². The SMILES string of the molecule is Cc1nn(C)c(Oc2cccnc2)c1NC(=O)c1cccc2ncnn12. The maximum atomic E-state index is 12.8. The van der Waals surface area contributed by atoms with E-state index in [0.717, 1.165) is 0 Å². The summed E-state index contributed by atoms with van der Waals surface area (Å²) in [5.74, 6) is 0.618. The van der Waals surface area contributed by atoms with Gasteiger partial charge in [-0.05, 0) is 31.2 Å². The van der Waals surface area contributed by atoms with Crippen molar-refractivity contribution in [1.29, 1.82) is 0 Å². The topological polar surface area (TPSA) is 99.2 Å². The Morgan fingerprint density at radius 2 is 2.12 bits per heavy atom. The van der Waals surface area contributed by atoms with Crippen LogP contribution in [0.4, 0.5) is 5.69 Å². The number of carbonyl (C=O) groups is 1. The molecule has 0 fully saturated rings. The highest BCUT2D eigenvalue weighted by atomic mass is 16.5. The largest absolute Gasteiger partial charge is 0.436 e. The van der Waals surface area contributed by atoms with Gasteiger partial charge in [0.15, 0.2) is 5.65 Å². The molecule has 0 atom stereocenters. The molecule has 0 spiro atoms. The molecule has 0 saturated carbocycles. The molecule has 9 nitrogen and oxygen atoms in total. The summed E-state index contributed by atoms with van der Waals surface area (Å²) in [5.41, 5.74) is 2.06. The standard InChI is InChI=1S/C17H15N7O2/c1-11-15(17(23(2)22-11)26-12-5-4-8-18-9-12)21-16(25)13-6-3-7-14-19-10-20-24(13)14/h3-10H,1-2H3,(H,21,25). The van der Waals surface area contributed by atoms with Gasteiger partial charge in [-0.15, -0.1) is 0 Å². The van der Waals surface area contributed by atoms with Crippen molar-refractivity contribution in [1.82, 2.24) is 29.4 Å². The van der Waals surface area contributed by atoms with Crippen LogP contribution in [0, 0.1) is 6.92 Å². The number of aryl methyl sites for hydroxylation is 2. The maximum Gasteiger partial charge on any atom is 0.274 e. The first-order chi connectivity index (χ1) is 12.6. The van der Waals surface area contributed by atoms with E-state index in [0.29, 0.717) is 34.4 Å². The zero-order valence-electron chi connectivity index (χ0n) is 14.1. The van der Waals surface area contributed by atoms with Crippen LogP contribution in [0.25, 0.3) is 5.65 Å². The molecule has 0 radical (unpaired) electrons. The van der Waals surface area contributed by atoms with Crippen molar-refractivity contribution in [3.8, 4) is 11.6 Å². The lowest BCUT2D eigenvalue weighted by Crippen LogP contribution is -2.17. The first-order valence-electron chi connectivity index (χ1n) is 7.85. The van der Waals surface area contributed by atoms with Gasteiger partial charge in [-0.2, -0.15) is 10.2 Å². The van der Waals surface area contributed by atoms with Gasteiger partial charge >= 0.3 is 0 Å². The molecule has 4 rings (SSSR count). The quantitative estimate of drug-likeness (QED) is 0.606. The lowest BCUT2D eigenvalue weighted by Gasteiger charge is -2.10. The molecule has 4 aromatic rings. The van der Waals surface area contributed by atoms with E-state index in [2.05, 4.69) is 25.5 Å². The van der Waals surface area contributed by atoms with E-state index >= 15 is 0 Å². The van der Waals surface area contributed by atoms with E-state index in [9.17, 15) is 4.79 Å². The van der Waals surface area contributed by atoms with Crippen LogP contribution in [0.5, 0.6) is 11.6 Å². The fraction of sp³-hybridized carbons (Fsp3) is 0.118. The number of ether oxygens (including phenoxy) is 1. The number of aromatic nitrogens is 6. The fourth-order valence-corrected chi connectivity index (χ4v) is 2.61. The summed E-state index contributed by atoms with van der Waals surface area (Å²) >= 11 is 0. The van der Waals surface area contributed by atoms with Crippen LogP contribution in [0.1, 0.15) is 16.2 Å². The molecule has 0 unspecified atom stereocenters. The van der Waals surface area contributed by atoms with Gasteiger partial charge < -0.3 is 10.1 Å². The molecule has 26 heavy (non-hydrogen) atoms. The van der Waals surface area contributed by atoms with Gasteiger partial charge in [-0.25, -0.2) is 14.2 Å². The van der Waals surface area contributed by atoms with Crippen LogP contribution in [-0.2, 0) is 7.05 Å². The Morgan fingerprint density at radius 1 is 1.23 bits per heavy atom. The van der Waals surface area contributed by atoms with Crippen molar-refractivity contribution in [2.75, 3.05) is 5.32 Å². The third kappa shape index (κ3) is 2.75. The summed E-state index contributed by atoms with van der Waals surface area (Å²) in [5, 5.41) is 11.3. The van der Waals surface area contributed by atoms with Crippen LogP contribution in [-0.4, -0.2) is 35.3 Å². The van der Waals surface area contributed by atoms with E-state index in [1.807, 2.05) is 0 Å². The fourth-order valence-electron chi connectivity index (χ4n) is 2.61. The van der Waals surface area contributed by atoms with Crippen LogP contribution in [0.15, 0.2) is 49.1 Å². The molecule has 0 saturated heterocycles. The number of hydrogen-bond acceptors (Lipinski definition) is 6. The predicted octanol–water partition coefficient (Wildman–Crippen LogP) is 2.21. The number of rotatable bonds is 4. The summed E-state index contributed by atoms with van der Waals surface area (Å²) in [6, 6.07) is 8.74. The number of fused-ring (bicyclic) bond motifs is 1. The lowest BCUT2D eigenvalue weighted by molar-refractivity contribution is 0.101. The van der Waals surface area contributed by atoms with Gasteiger partial charge in [0.2, 0.25) is 5.88 Å². The molecule has 4 heterocycles. The normalized spacial score (nSPS) is 10.8. The Balaban J connectivity index is 1.68. The average Bonchev–Trinajstić information content (AvgIpc) is 3.22. The molecule has 4 aromatic heterocycles. The van der Waals surface area contributed by atoms with Gasteiger partial charge in [0, 0.05) is 13.2 Å². The third-order valence-corrected chi connectivity index (χ3v) is 3.79. The molecular weight excluding hydrogens is 334 g/mol. The van der Waals surface area contributed by atoms with Crippen molar-refractivity contribution < 1.29 is 9.53 Å². The van der Waals surface area contributed by atoms with Gasteiger partial charge in [-0.1, -0.05) is 6.07 Å². The predicted molar refractivity (Wildman–Crippen MR) is 93.2 cm³/mol. The van der Waals surface area contributed by atoms with E-state index in [1.165, 1.54) is 10.8 Å². The van der Waals surface area contributed by atoms with Gasteiger partial charge in [0.05, 0.1) is 11.9 Å². The van der Waals surface area contributed by atoms with Gasteiger partial charge in [0.25, 0.3) is 5.91 Å². The second kappa shape index (κ2) is 6.28. The second-order valence-electron chi connectivity index (χ2n) is 5.58. The molecule has 0 bridgehead atoms. The van der Waals surface area contributed by atoms with Crippen LogP contribution in [0.3, 0.4) is 0 Å². The monoisotopic (exact) mass is 349 g/mol. The summed E-state index contributed by atoms with van der Waals surface area (Å²) in [4.78, 5) is 20.9. The van der Waals surface area contributed by atoms with Crippen LogP contribution >= 0.6 is 0 Å². The molecular formula is C17H15N7O2. The molecule has 0 aromatic carbocycles. The molecule has 1 N–H and O–H groups in total. The zero-order valence-corrected chi connectivity index (χ0v) is 14.1. The van der Waals surface area contributed by atoms with Gasteiger partial charge in [-0.3, -0.25) is 9.78 Å². The number of amides is 1. The molecule has 130 valence electrons. The summed E-state index contributed by atoms with van der Waals surface area (Å²) in [6.07, 6.45) is 4.64. The number of anilines is 1. The molecule has 1 amide bonds. The van der Waals surface area contributed by atoms with E-state index in [4.69, 9.17) is 4.74 Å². The number of nitrogens with one attached hydrogen (secondary N) is 1. The Kier molecular flexibility index (Phi) is 3.81. The molecule has 9 heteroatoms.